The van der Waals surface area contributed by atoms with Gasteiger partial charge in [-0.1, -0.05) is 11.5 Å². The van der Waals surface area contributed by atoms with Crippen LogP contribution in [0.25, 0.3) is 0 Å². The van der Waals surface area contributed by atoms with Gasteiger partial charge in [0.15, 0.2) is 0 Å². The van der Waals surface area contributed by atoms with Gasteiger partial charge >= 0.3 is 0 Å². The number of nitrogens with two attached hydrogens (primary N) is 1. The summed E-state index contributed by atoms with van der Waals surface area (Å²) in [6.45, 7) is 4.98. The van der Waals surface area contributed by atoms with Gasteiger partial charge in [0.2, 0.25) is 0 Å². The molecule has 0 aliphatic heterocycles. The Labute approximate surface area is 125 Å². The lowest BCUT2D eigenvalue weighted by molar-refractivity contribution is 0.198. The predicted octanol–water partition coefficient (Wildman–Crippen LogP) is 4.78. The van der Waals surface area contributed by atoms with Gasteiger partial charge < -0.3 is 10.8 Å². The predicted molar refractivity (Wildman–Crippen MR) is 96.0 cm³/mol. The van der Waals surface area contributed by atoms with E-state index in [4.69, 9.17) is 5.73 Å². The third-order valence-electron chi connectivity index (χ3n) is 1.45. The molecule has 0 spiro atoms. The first kappa shape index (κ1) is 15.2. The first-order valence-electron chi connectivity index (χ1n) is 4.98. The van der Waals surface area contributed by atoms with Gasteiger partial charge in [0.25, 0.3) is 0 Å². The maximum absolute atomic E-state index is 9.27. The molecule has 0 unspecified atom stereocenters. The molecule has 2 atom stereocenters. The Bertz CT molecular complexity index is 717. The van der Waals surface area contributed by atoms with Crippen molar-refractivity contribution in [2.45, 2.75) is 19.1 Å². The summed E-state index contributed by atoms with van der Waals surface area (Å²) in [5, 5.41) is 9.27. The summed E-state index contributed by atoms with van der Waals surface area (Å²) in [5.74, 6) is 0. The van der Waals surface area contributed by atoms with Crippen molar-refractivity contribution >= 4 is 0 Å². The van der Waals surface area contributed by atoms with Crippen LogP contribution in [0.2, 0.25) is 0 Å². The second-order valence-electron chi connectivity index (χ2n) is 2.96. The van der Waals surface area contributed by atoms with Crippen LogP contribution in [0.5, 0.6) is 0 Å². The van der Waals surface area contributed by atoms with Crippen LogP contribution in [0.3, 0.4) is 0 Å². The van der Waals surface area contributed by atoms with Crippen molar-refractivity contribution in [3.8, 4) is 0 Å². The van der Waals surface area contributed by atoms with Crippen LogP contribution in [0.1, 0.15) is 25.5 Å². The van der Waals surface area contributed by atoms with Gasteiger partial charge in [0.05, 0.1) is 6.10 Å². The zero-order valence-electron chi connectivity index (χ0n) is 9.96. The molecule has 0 aliphatic carbocycles. The highest BCUT2D eigenvalue weighted by Gasteiger charge is 2.02. The highest BCUT2D eigenvalue weighted by atomic mass is 16.3. The van der Waals surface area contributed by atoms with Crippen LogP contribution in [-0.2, 0) is 0 Å². The van der Waals surface area contributed by atoms with Crippen LogP contribution in [0.4, 0.5) is 0 Å². The quantitative estimate of drug-likeness (QED) is 0.701. The number of aliphatic hydroxyl groups excluding tert-OH is 1. The summed E-state index contributed by atoms with van der Waals surface area (Å²) in [6.07, 6.45) is 0.630. The summed E-state index contributed by atoms with van der Waals surface area (Å²) in [7, 11) is 0. The Hall–Kier alpha value is -2.76. The van der Waals surface area contributed by atoms with E-state index in [1.165, 1.54) is 6.08 Å². The average Bonchev–Trinajstić information content (AvgIpc) is 2.35. The monoisotopic (exact) mass is 259 g/mol. The highest BCUT2D eigenvalue weighted by molar-refractivity contribution is 4.95. The van der Waals surface area contributed by atoms with E-state index in [-0.39, 0.29) is 24.6 Å². The molecule has 112 valence electrons. The van der Waals surface area contributed by atoms with Gasteiger partial charge in [-0.05, 0) is 71.2 Å². The fourth-order valence-electron chi connectivity index (χ4n) is 0.578. The summed E-state index contributed by atoms with van der Waals surface area (Å²) in [5.41, 5.74) is 32.6. The topological polar surface area (TPSA) is 46.2 Å². The molecule has 0 amide bonds. The molecule has 2 nitrogen and oxygen atoms in total. The summed E-state index contributed by atoms with van der Waals surface area (Å²) in [4.78, 5) is 0. The van der Waals surface area contributed by atoms with E-state index < -0.39 is 6.10 Å². The van der Waals surface area contributed by atoms with E-state index in [1.54, 1.807) is 6.92 Å². The Morgan fingerprint density at radius 1 is 1.00 bits per heavy atom. The van der Waals surface area contributed by atoms with Crippen molar-refractivity contribution in [2.24, 2.45) is 5.73 Å². The van der Waals surface area contributed by atoms with Gasteiger partial charge in [-0.3, -0.25) is 0 Å². The summed E-state index contributed by atoms with van der Waals surface area (Å²) >= 11 is 0. The molecule has 18 heavy (non-hydrogen) atoms. The summed E-state index contributed by atoms with van der Waals surface area (Å²) < 4.78 is 0. The standard InChI is InChI=1S/C16H11NO.13H2/c1-3-4-5-6-7-8-9-10-11-12-13-14-16(18)15(2)17;;;;;;;;;;;;;/h14-16,18H,1,17H2,2H3;13*1H/t15-,16-;;;;;;;;;;;;;/m0............./s1. The van der Waals surface area contributed by atoms with E-state index in [0.29, 0.717) is 0 Å². The molecule has 0 aliphatic rings. The molecule has 3 N–H and O–H groups in total. The SMILES string of the molecule is C=C=C=C=C=C=C=C=C=C=C=C=C[C@H](O)[C@H](C)N.[HH].[HH].[HH].[HH].[HH].[HH].[HH].[HH].[HH].[HH].[HH].[HH].[HH]. The minimum Gasteiger partial charge on any atom is -0.387 e. The van der Waals surface area contributed by atoms with Crippen molar-refractivity contribution in [2.75, 3.05) is 0 Å². The largest absolute Gasteiger partial charge is 0.387 e. The molecular formula is C16H37NO. The first-order valence-corrected chi connectivity index (χ1v) is 4.98. The van der Waals surface area contributed by atoms with Crippen molar-refractivity contribution in [3.63, 3.8) is 0 Å². The maximum atomic E-state index is 9.27. The molecule has 0 bridgehead atoms. The second kappa shape index (κ2) is 10.7. The molecular weight excluding hydrogens is 222 g/mol. The third kappa shape index (κ3) is 9.78. The Morgan fingerprint density at radius 2 is 1.44 bits per heavy atom. The maximum Gasteiger partial charge on any atom is 0.0949 e. The van der Waals surface area contributed by atoms with Gasteiger partial charge in [-0.15, -0.1) is 0 Å². The van der Waals surface area contributed by atoms with Crippen LogP contribution in [0.15, 0.2) is 75.7 Å². The Balaban J connectivity index is -0.0000000185. The molecule has 0 aromatic heterocycles. The minimum atomic E-state index is -0.753. The molecule has 0 radical (unpaired) electrons. The highest BCUT2D eigenvalue weighted by Crippen LogP contribution is 1.88. The van der Waals surface area contributed by atoms with E-state index in [0.717, 1.165) is 0 Å². The van der Waals surface area contributed by atoms with E-state index in [1.807, 2.05) is 0 Å². The first-order chi connectivity index (χ1) is 8.68. The van der Waals surface area contributed by atoms with E-state index in [9.17, 15) is 5.11 Å². The van der Waals surface area contributed by atoms with E-state index in [2.05, 4.69) is 69.6 Å². The lowest BCUT2D eigenvalue weighted by Gasteiger charge is -2.06. The summed E-state index contributed by atoms with van der Waals surface area (Å²) in [6, 6.07) is -0.351. The van der Waals surface area contributed by atoms with Crippen LogP contribution in [0, 0.1) is 0 Å². The zero-order chi connectivity index (χ0) is 13.6. The fraction of sp³-hybridized carbons (Fsp3) is 0.188. The van der Waals surface area contributed by atoms with Crippen LogP contribution < -0.4 is 5.73 Å². The lowest BCUT2D eigenvalue weighted by atomic mass is 10.2. The lowest BCUT2D eigenvalue weighted by Crippen LogP contribution is -2.29. The number of aliphatic hydroxyl groups is 1. The van der Waals surface area contributed by atoms with E-state index >= 15 is 0 Å². The van der Waals surface area contributed by atoms with Crippen molar-refractivity contribution in [1.29, 1.82) is 0 Å². The number of hydrogen-bond acceptors (Lipinski definition) is 2. The smallest absolute Gasteiger partial charge is 0.0949 e. The zero-order valence-corrected chi connectivity index (χ0v) is 9.96. The van der Waals surface area contributed by atoms with Crippen molar-refractivity contribution in [1.82, 2.24) is 0 Å². The molecule has 0 heterocycles. The number of hydrogen-bond donors (Lipinski definition) is 2. The Morgan fingerprint density at radius 3 is 1.89 bits per heavy atom. The molecule has 0 fully saturated rings. The second-order valence-corrected chi connectivity index (χ2v) is 2.96. The number of rotatable bonds is 2. The van der Waals surface area contributed by atoms with Crippen molar-refractivity contribution in [3.05, 3.63) is 75.7 Å². The molecule has 2 heteroatoms. The molecule has 0 saturated heterocycles. The average molecular weight is 259 g/mol. The molecule has 0 rings (SSSR count). The Kier molecular flexibility index (Phi) is 9.10. The third-order valence-corrected chi connectivity index (χ3v) is 1.45. The van der Waals surface area contributed by atoms with Gasteiger partial charge in [-0.25, -0.2) is 0 Å². The minimum absolute atomic E-state index is 0. The van der Waals surface area contributed by atoms with Crippen LogP contribution >= 0.6 is 0 Å². The molecule has 0 aromatic carbocycles. The fourth-order valence-corrected chi connectivity index (χ4v) is 0.578. The molecule has 0 saturated carbocycles. The molecule has 0 aromatic rings. The van der Waals surface area contributed by atoms with Gasteiger partial charge in [0, 0.05) is 24.6 Å². The van der Waals surface area contributed by atoms with Crippen LogP contribution in [-0.4, -0.2) is 17.3 Å². The van der Waals surface area contributed by atoms with Gasteiger partial charge in [0.1, 0.15) is 0 Å². The normalized spacial score (nSPS) is 9.50. The van der Waals surface area contributed by atoms with Gasteiger partial charge in [-0.2, -0.15) is 0 Å². The van der Waals surface area contributed by atoms with Crippen molar-refractivity contribution < 1.29 is 23.7 Å².